The molecule has 0 aliphatic heterocycles. The van der Waals surface area contributed by atoms with Gasteiger partial charge in [-0.3, -0.25) is 0 Å². The second-order valence-electron chi connectivity index (χ2n) is 13.2. The van der Waals surface area contributed by atoms with Crippen LogP contribution < -0.4 is 0 Å². The highest BCUT2D eigenvalue weighted by atomic mass is 15.0. The molecule has 2 heterocycles. The van der Waals surface area contributed by atoms with Crippen LogP contribution in [0.4, 0.5) is 0 Å². The number of benzene rings is 7. The topological polar surface area (TPSA) is 9.86 Å². The molecule has 0 radical (unpaired) electrons. The second-order valence-corrected chi connectivity index (χ2v) is 13.2. The number of hydrogen-bond acceptors (Lipinski definition) is 0. The van der Waals surface area contributed by atoms with Crippen molar-refractivity contribution >= 4 is 49.2 Å². The van der Waals surface area contributed by atoms with Crippen molar-refractivity contribution in [2.75, 3.05) is 0 Å². The fourth-order valence-electron chi connectivity index (χ4n) is 8.02. The highest BCUT2D eigenvalue weighted by Gasteiger charge is 2.20. The molecule has 0 N–H and O–H groups in total. The average Bonchev–Trinajstić information content (AvgIpc) is 3.72. The third-order valence-electron chi connectivity index (χ3n) is 10.4. The summed E-state index contributed by atoms with van der Waals surface area (Å²) in [6.07, 6.45) is 9.12. The third-order valence-corrected chi connectivity index (χ3v) is 10.4. The van der Waals surface area contributed by atoms with Crippen molar-refractivity contribution in [3.05, 3.63) is 188 Å². The molecule has 50 heavy (non-hydrogen) atoms. The van der Waals surface area contributed by atoms with E-state index in [4.69, 9.17) is 0 Å². The van der Waals surface area contributed by atoms with Crippen LogP contribution in [-0.2, 0) is 0 Å². The normalized spacial score (nSPS) is 13.1. The Kier molecular flexibility index (Phi) is 6.67. The van der Waals surface area contributed by atoms with E-state index in [1.165, 1.54) is 77.0 Å². The van der Waals surface area contributed by atoms with Gasteiger partial charge in [-0.05, 0) is 101 Å². The van der Waals surface area contributed by atoms with Gasteiger partial charge in [-0.15, -0.1) is 0 Å². The minimum absolute atomic E-state index is 1.11. The lowest BCUT2D eigenvalue weighted by molar-refractivity contribution is 1.04. The molecule has 1 aliphatic rings. The van der Waals surface area contributed by atoms with Crippen LogP contribution in [0.15, 0.2) is 182 Å². The van der Waals surface area contributed by atoms with Crippen molar-refractivity contribution in [1.29, 1.82) is 0 Å². The maximum atomic E-state index is 2.43. The van der Waals surface area contributed by atoms with Crippen LogP contribution in [0.5, 0.6) is 0 Å². The molecule has 9 aromatic rings. The standard InChI is InChI=1S/C48H34N2/c1-3-12-33(13-4-1)35-22-26-39(27-23-35)49-43-20-9-7-18-41(43)47-45(49)30-31-46-48(47)42-19-8-10-21-44(42)50(46)40-28-24-36(25-29-40)38-17-11-16-37(32-38)34-14-5-2-6-15-34/h1,3-5,7-32H,2,6H2. The van der Waals surface area contributed by atoms with Gasteiger partial charge in [0.2, 0.25) is 0 Å². The number of para-hydroxylation sites is 2. The Hall–Kier alpha value is -6.38. The summed E-state index contributed by atoms with van der Waals surface area (Å²) in [4.78, 5) is 0. The number of aromatic nitrogens is 2. The Morgan fingerprint density at radius 1 is 0.360 bits per heavy atom. The summed E-state index contributed by atoms with van der Waals surface area (Å²) < 4.78 is 4.86. The van der Waals surface area contributed by atoms with Crippen LogP contribution in [0.1, 0.15) is 18.4 Å². The summed E-state index contributed by atoms with van der Waals surface area (Å²) in [5.41, 5.74) is 14.7. The van der Waals surface area contributed by atoms with Crippen LogP contribution in [0.2, 0.25) is 0 Å². The summed E-state index contributed by atoms with van der Waals surface area (Å²) in [5.74, 6) is 0. The fourth-order valence-corrected chi connectivity index (χ4v) is 8.02. The van der Waals surface area contributed by atoms with Crippen LogP contribution in [-0.4, -0.2) is 9.13 Å². The number of allylic oxidation sites excluding steroid dienone is 4. The molecule has 2 aromatic heterocycles. The maximum Gasteiger partial charge on any atom is 0.0548 e. The van der Waals surface area contributed by atoms with E-state index < -0.39 is 0 Å². The lowest BCUT2D eigenvalue weighted by Gasteiger charge is -2.12. The molecule has 0 atom stereocenters. The SMILES string of the molecule is C1=CC(c2cccc(-c3ccc(-n4c5ccccc5c5c6c7ccccc7n(-c7ccc(-c8ccccc8)cc7)c6ccc54)cc3)c2)=CCC1. The van der Waals surface area contributed by atoms with Crippen molar-refractivity contribution in [2.24, 2.45) is 0 Å². The molecular weight excluding hydrogens is 605 g/mol. The molecule has 7 aromatic carbocycles. The van der Waals surface area contributed by atoms with Crippen LogP contribution in [0, 0.1) is 0 Å². The molecule has 2 heteroatoms. The summed E-state index contributed by atoms with van der Waals surface area (Å²) in [6, 6.07) is 59.9. The molecule has 0 spiro atoms. The van der Waals surface area contributed by atoms with Gasteiger partial charge in [-0.25, -0.2) is 0 Å². The Bertz CT molecular complexity index is 2770. The monoisotopic (exact) mass is 638 g/mol. The van der Waals surface area contributed by atoms with Gasteiger partial charge in [0.1, 0.15) is 0 Å². The quantitative estimate of drug-likeness (QED) is 0.178. The highest BCUT2D eigenvalue weighted by Crippen LogP contribution is 2.42. The molecule has 0 saturated carbocycles. The summed E-state index contributed by atoms with van der Waals surface area (Å²) in [5, 5.41) is 5.11. The van der Waals surface area contributed by atoms with Crippen molar-refractivity contribution in [3.63, 3.8) is 0 Å². The molecular formula is C48H34N2. The average molecular weight is 639 g/mol. The minimum atomic E-state index is 1.11. The summed E-state index contributed by atoms with van der Waals surface area (Å²) in [7, 11) is 0. The Balaban J connectivity index is 1.13. The molecule has 10 rings (SSSR count). The lowest BCUT2D eigenvalue weighted by atomic mass is 9.96. The molecule has 0 fully saturated rings. The fraction of sp³-hybridized carbons (Fsp3) is 0.0417. The first-order valence-corrected chi connectivity index (χ1v) is 17.5. The van der Waals surface area contributed by atoms with E-state index in [9.17, 15) is 0 Å². The van der Waals surface area contributed by atoms with E-state index in [-0.39, 0.29) is 0 Å². The largest absolute Gasteiger partial charge is 0.309 e. The first-order chi connectivity index (χ1) is 24.8. The van der Waals surface area contributed by atoms with Crippen molar-refractivity contribution < 1.29 is 0 Å². The van der Waals surface area contributed by atoms with Gasteiger partial charge in [0.05, 0.1) is 22.1 Å². The molecule has 236 valence electrons. The number of rotatable bonds is 5. The van der Waals surface area contributed by atoms with E-state index in [1.807, 2.05) is 0 Å². The molecule has 0 amide bonds. The van der Waals surface area contributed by atoms with E-state index in [0.29, 0.717) is 0 Å². The molecule has 2 nitrogen and oxygen atoms in total. The zero-order chi connectivity index (χ0) is 33.0. The maximum absolute atomic E-state index is 2.43. The smallest absolute Gasteiger partial charge is 0.0548 e. The first kappa shape index (κ1) is 28.6. The van der Waals surface area contributed by atoms with Gasteiger partial charge in [0.15, 0.2) is 0 Å². The van der Waals surface area contributed by atoms with Gasteiger partial charge in [0.25, 0.3) is 0 Å². The second kappa shape index (κ2) is 11.6. The molecule has 1 aliphatic carbocycles. The van der Waals surface area contributed by atoms with Gasteiger partial charge < -0.3 is 9.13 Å². The number of fused-ring (bicyclic) bond motifs is 7. The molecule has 0 unspecified atom stereocenters. The zero-order valence-corrected chi connectivity index (χ0v) is 27.6. The summed E-state index contributed by atoms with van der Waals surface area (Å²) in [6.45, 7) is 0. The van der Waals surface area contributed by atoms with Gasteiger partial charge >= 0.3 is 0 Å². The highest BCUT2D eigenvalue weighted by molar-refractivity contribution is 6.28. The first-order valence-electron chi connectivity index (χ1n) is 17.5. The van der Waals surface area contributed by atoms with Crippen LogP contribution in [0.3, 0.4) is 0 Å². The zero-order valence-electron chi connectivity index (χ0n) is 27.6. The van der Waals surface area contributed by atoms with Gasteiger partial charge in [-0.1, -0.05) is 127 Å². The molecule has 0 saturated heterocycles. The Morgan fingerprint density at radius 2 is 0.860 bits per heavy atom. The number of nitrogens with zero attached hydrogens (tertiary/aromatic N) is 2. The van der Waals surface area contributed by atoms with Gasteiger partial charge in [-0.2, -0.15) is 0 Å². The van der Waals surface area contributed by atoms with E-state index in [0.717, 1.165) is 24.2 Å². The molecule has 0 bridgehead atoms. The number of hydrogen-bond donors (Lipinski definition) is 0. The third kappa shape index (κ3) is 4.57. The van der Waals surface area contributed by atoms with Crippen LogP contribution >= 0.6 is 0 Å². The van der Waals surface area contributed by atoms with Crippen molar-refractivity contribution in [2.45, 2.75) is 12.8 Å². The van der Waals surface area contributed by atoms with Crippen molar-refractivity contribution in [1.82, 2.24) is 9.13 Å². The van der Waals surface area contributed by atoms with E-state index in [1.54, 1.807) is 0 Å². The van der Waals surface area contributed by atoms with Crippen LogP contribution in [0.25, 0.3) is 82.8 Å². The Morgan fingerprint density at radius 3 is 1.44 bits per heavy atom. The Labute approximate surface area is 291 Å². The summed E-state index contributed by atoms with van der Waals surface area (Å²) >= 11 is 0. The predicted octanol–water partition coefficient (Wildman–Crippen LogP) is 12.9. The van der Waals surface area contributed by atoms with Gasteiger partial charge in [0, 0.05) is 32.9 Å². The lowest BCUT2D eigenvalue weighted by Crippen LogP contribution is -1.95. The predicted molar refractivity (Wildman–Crippen MR) is 212 cm³/mol. The van der Waals surface area contributed by atoms with E-state index in [2.05, 4.69) is 191 Å². The minimum Gasteiger partial charge on any atom is -0.309 e. The van der Waals surface area contributed by atoms with Crippen molar-refractivity contribution in [3.8, 4) is 33.6 Å². The van der Waals surface area contributed by atoms with E-state index >= 15 is 0 Å².